The van der Waals surface area contributed by atoms with Crippen LogP contribution in [0.2, 0.25) is 5.02 Å². The van der Waals surface area contributed by atoms with Crippen LogP contribution in [0.5, 0.6) is 0 Å². The van der Waals surface area contributed by atoms with E-state index in [1.807, 2.05) is 42.5 Å². The van der Waals surface area contributed by atoms with E-state index in [0.29, 0.717) is 5.56 Å². The van der Waals surface area contributed by atoms with Gasteiger partial charge in [0.05, 0.1) is 6.04 Å². The van der Waals surface area contributed by atoms with Crippen molar-refractivity contribution in [3.8, 4) is 0 Å². The lowest BCUT2D eigenvalue weighted by Crippen LogP contribution is -2.34. The second-order valence-electron chi connectivity index (χ2n) is 7.73. The van der Waals surface area contributed by atoms with Crippen molar-refractivity contribution < 1.29 is 4.79 Å². The van der Waals surface area contributed by atoms with Gasteiger partial charge in [-0.05, 0) is 68.2 Å². The first-order valence-electron chi connectivity index (χ1n) is 10.6. The highest BCUT2D eigenvalue weighted by molar-refractivity contribution is 7.16. The van der Waals surface area contributed by atoms with E-state index in [1.54, 1.807) is 11.3 Å². The Morgan fingerprint density at radius 2 is 1.83 bits per heavy atom. The van der Waals surface area contributed by atoms with Gasteiger partial charge in [-0.25, -0.2) is 0 Å². The summed E-state index contributed by atoms with van der Waals surface area (Å²) in [6.07, 6.45) is 4.63. The molecule has 0 spiro atoms. The minimum atomic E-state index is -0.0650. The molecule has 156 valence electrons. The average Bonchev–Trinajstić information content (AvgIpc) is 3.18. The highest BCUT2D eigenvalue weighted by atomic mass is 35.5. The molecule has 0 radical (unpaired) electrons. The molecule has 1 saturated heterocycles. The molecule has 5 heteroatoms. The maximum Gasteiger partial charge on any atom is 0.256 e. The van der Waals surface area contributed by atoms with Crippen molar-refractivity contribution in [2.75, 3.05) is 18.4 Å². The normalized spacial score (nSPS) is 15.7. The van der Waals surface area contributed by atoms with Gasteiger partial charge in [-0.15, -0.1) is 11.3 Å². The number of nitrogens with one attached hydrogen (secondary N) is 1. The van der Waals surface area contributed by atoms with E-state index in [2.05, 4.69) is 35.3 Å². The minimum Gasteiger partial charge on any atom is -0.313 e. The Morgan fingerprint density at radius 1 is 1.07 bits per heavy atom. The number of anilines is 1. The smallest absolute Gasteiger partial charge is 0.256 e. The van der Waals surface area contributed by atoms with Crippen LogP contribution in [-0.2, 0) is 6.42 Å². The van der Waals surface area contributed by atoms with E-state index in [-0.39, 0.29) is 11.9 Å². The Kier molecular flexibility index (Phi) is 6.88. The Morgan fingerprint density at radius 3 is 2.53 bits per heavy atom. The van der Waals surface area contributed by atoms with Crippen molar-refractivity contribution >= 4 is 33.8 Å². The molecule has 0 unspecified atom stereocenters. The molecular weight excluding hydrogens is 412 g/mol. The highest BCUT2D eigenvalue weighted by Crippen LogP contribution is 2.41. The van der Waals surface area contributed by atoms with E-state index < -0.39 is 0 Å². The Balaban J connectivity index is 1.74. The van der Waals surface area contributed by atoms with Crippen LogP contribution >= 0.6 is 22.9 Å². The standard InChI is InChI=1S/C25H27ClN2OS/c1-2-21-17-22(25(30-21)27-24(29)18-10-5-3-6-11-18)23(28-14-7-4-8-15-28)19-12-9-13-20(26)16-19/h3,5-6,9-13,16-17,23H,2,4,7-8,14-15H2,1H3,(H,27,29)/t23-/m1/s1. The maximum absolute atomic E-state index is 12.9. The van der Waals surface area contributed by atoms with Gasteiger partial charge in [0.1, 0.15) is 5.00 Å². The van der Waals surface area contributed by atoms with Crippen LogP contribution in [0.4, 0.5) is 5.00 Å². The molecule has 3 nitrogen and oxygen atoms in total. The Bertz CT molecular complexity index is 995. The molecule has 2 heterocycles. The van der Waals surface area contributed by atoms with Gasteiger partial charge in [-0.2, -0.15) is 0 Å². The summed E-state index contributed by atoms with van der Waals surface area (Å²) in [5.41, 5.74) is 3.03. The van der Waals surface area contributed by atoms with Crippen molar-refractivity contribution in [2.24, 2.45) is 0 Å². The van der Waals surface area contributed by atoms with E-state index >= 15 is 0 Å². The zero-order chi connectivity index (χ0) is 20.9. The van der Waals surface area contributed by atoms with Crippen molar-refractivity contribution in [1.82, 2.24) is 4.90 Å². The molecule has 1 aliphatic heterocycles. The van der Waals surface area contributed by atoms with Gasteiger partial charge in [0.15, 0.2) is 0 Å². The fraction of sp³-hybridized carbons (Fsp3) is 0.320. The van der Waals surface area contributed by atoms with Crippen LogP contribution in [0.3, 0.4) is 0 Å². The summed E-state index contributed by atoms with van der Waals surface area (Å²) in [6, 6.07) is 19.9. The molecule has 1 aromatic heterocycles. The fourth-order valence-electron chi connectivity index (χ4n) is 4.14. The summed E-state index contributed by atoms with van der Waals surface area (Å²) in [5, 5.41) is 4.89. The number of likely N-dealkylation sites (tertiary alicyclic amines) is 1. The third-order valence-electron chi connectivity index (χ3n) is 5.64. The number of piperidine rings is 1. The zero-order valence-electron chi connectivity index (χ0n) is 17.2. The number of nitrogens with zero attached hydrogens (tertiary/aromatic N) is 1. The number of thiophene rings is 1. The number of hydrogen-bond donors (Lipinski definition) is 1. The molecule has 1 atom stereocenters. The van der Waals surface area contributed by atoms with Crippen LogP contribution in [0.1, 0.15) is 58.6 Å². The lowest BCUT2D eigenvalue weighted by molar-refractivity contribution is 0.102. The second-order valence-corrected chi connectivity index (χ2v) is 9.30. The third-order valence-corrected chi connectivity index (χ3v) is 7.08. The Hall–Kier alpha value is -2.14. The van der Waals surface area contributed by atoms with Crippen molar-refractivity contribution in [3.63, 3.8) is 0 Å². The van der Waals surface area contributed by atoms with Gasteiger partial charge >= 0.3 is 0 Å². The third kappa shape index (κ3) is 4.77. The van der Waals surface area contributed by atoms with E-state index in [0.717, 1.165) is 29.5 Å². The van der Waals surface area contributed by atoms with Gasteiger partial charge in [0.25, 0.3) is 5.91 Å². The molecule has 2 aromatic carbocycles. The van der Waals surface area contributed by atoms with E-state index in [9.17, 15) is 4.79 Å². The number of hydrogen-bond acceptors (Lipinski definition) is 3. The molecular formula is C25H27ClN2OS. The summed E-state index contributed by atoms with van der Waals surface area (Å²) in [7, 11) is 0. The Labute approximate surface area is 187 Å². The number of carbonyl (C=O) groups excluding carboxylic acids is 1. The first-order valence-corrected chi connectivity index (χ1v) is 11.8. The lowest BCUT2D eigenvalue weighted by Gasteiger charge is -2.35. The largest absolute Gasteiger partial charge is 0.313 e. The SMILES string of the molecule is CCc1cc([C@@H](c2cccc(Cl)c2)N2CCCCC2)c(NC(=O)c2ccccc2)s1. The molecule has 0 aliphatic carbocycles. The summed E-state index contributed by atoms with van der Waals surface area (Å²) in [5.74, 6) is -0.0650. The topological polar surface area (TPSA) is 32.3 Å². The van der Waals surface area contributed by atoms with Crippen LogP contribution in [0.25, 0.3) is 0 Å². The average molecular weight is 439 g/mol. The lowest BCUT2D eigenvalue weighted by atomic mass is 9.95. The number of amides is 1. The van der Waals surface area contributed by atoms with E-state index in [4.69, 9.17) is 11.6 Å². The predicted octanol–water partition coefficient (Wildman–Crippen LogP) is 6.79. The van der Waals surface area contributed by atoms with Crippen molar-refractivity contribution in [3.05, 3.63) is 87.3 Å². The quantitative estimate of drug-likeness (QED) is 0.459. The van der Waals surface area contributed by atoms with Gasteiger partial charge < -0.3 is 5.32 Å². The number of benzene rings is 2. The molecule has 1 amide bonds. The molecule has 0 bridgehead atoms. The number of halogens is 1. The first-order chi connectivity index (χ1) is 14.7. The van der Waals surface area contributed by atoms with Gasteiger partial charge in [-0.1, -0.05) is 55.3 Å². The summed E-state index contributed by atoms with van der Waals surface area (Å²) in [4.78, 5) is 16.7. The fourth-order valence-corrected chi connectivity index (χ4v) is 5.36. The van der Waals surface area contributed by atoms with Gasteiger partial charge in [0.2, 0.25) is 0 Å². The van der Waals surface area contributed by atoms with Crippen LogP contribution < -0.4 is 5.32 Å². The van der Waals surface area contributed by atoms with Crippen molar-refractivity contribution in [1.29, 1.82) is 0 Å². The number of carbonyl (C=O) groups is 1. The second kappa shape index (κ2) is 9.78. The molecule has 30 heavy (non-hydrogen) atoms. The predicted molar refractivity (Wildman–Crippen MR) is 127 cm³/mol. The summed E-state index contributed by atoms with van der Waals surface area (Å²) < 4.78 is 0. The maximum atomic E-state index is 12.9. The monoisotopic (exact) mass is 438 g/mol. The first kappa shape index (κ1) is 21.1. The van der Waals surface area contributed by atoms with Gasteiger partial charge in [0, 0.05) is 21.0 Å². The van der Waals surface area contributed by atoms with E-state index in [1.165, 1.54) is 35.3 Å². The molecule has 1 fully saturated rings. The minimum absolute atomic E-state index is 0.0650. The molecule has 0 saturated carbocycles. The molecule has 1 aliphatic rings. The van der Waals surface area contributed by atoms with Crippen LogP contribution in [0, 0.1) is 0 Å². The van der Waals surface area contributed by atoms with Crippen LogP contribution in [0.15, 0.2) is 60.7 Å². The molecule has 4 rings (SSSR count). The summed E-state index contributed by atoms with van der Waals surface area (Å²) in [6.45, 7) is 4.27. The summed E-state index contributed by atoms with van der Waals surface area (Å²) >= 11 is 8.05. The van der Waals surface area contributed by atoms with Gasteiger partial charge in [-0.3, -0.25) is 9.69 Å². The molecule has 3 aromatic rings. The molecule has 1 N–H and O–H groups in total. The van der Waals surface area contributed by atoms with Crippen molar-refractivity contribution in [2.45, 2.75) is 38.6 Å². The highest BCUT2D eigenvalue weighted by Gasteiger charge is 2.28. The zero-order valence-corrected chi connectivity index (χ0v) is 18.8. The van der Waals surface area contributed by atoms with Crippen LogP contribution in [-0.4, -0.2) is 23.9 Å². The number of rotatable bonds is 6. The number of aryl methyl sites for hydroxylation is 1.